The van der Waals surface area contributed by atoms with Crippen molar-refractivity contribution in [2.24, 2.45) is 0 Å². The van der Waals surface area contributed by atoms with Crippen molar-refractivity contribution in [2.75, 3.05) is 6.54 Å². The Hall–Kier alpha value is -0.980. The molecule has 0 amide bonds. The largest absolute Gasteiger partial charge is 0.382 e. The standard InChI is InChI=1S/C9H15N/c1-5-7-10-9(4)8(3)6-2/h5-6,10H,1,4,7H2,2-3H3/b8-6+. The lowest BCUT2D eigenvalue weighted by atomic mass is 10.2. The highest BCUT2D eigenvalue weighted by molar-refractivity contribution is 5.23. The van der Waals surface area contributed by atoms with Crippen LogP contribution < -0.4 is 5.32 Å². The van der Waals surface area contributed by atoms with Crippen LogP contribution in [0.5, 0.6) is 0 Å². The van der Waals surface area contributed by atoms with E-state index in [9.17, 15) is 0 Å². The van der Waals surface area contributed by atoms with E-state index >= 15 is 0 Å². The minimum atomic E-state index is 0.782. The SMILES string of the molecule is C=CCNC(=C)/C(C)=C/C. The first-order valence-electron chi connectivity index (χ1n) is 3.39. The third-order valence-electron chi connectivity index (χ3n) is 1.37. The summed E-state index contributed by atoms with van der Waals surface area (Å²) >= 11 is 0. The van der Waals surface area contributed by atoms with Crippen molar-refractivity contribution < 1.29 is 0 Å². The predicted molar refractivity (Wildman–Crippen MR) is 46.8 cm³/mol. The fraction of sp³-hybridized carbons (Fsp3) is 0.333. The highest BCUT2D eigenvalue weighted by Crippen LogP contribution is 2.00. The summed E-state index contributed by atoms with van der Waals surface area (Å²) in [7, 11) is 0. The van der Waals surface area contributed by atoms with Crippen LogP contribution in [0, 0.1) is 0 Å². The van der Waals surface area contributed by atoms with Gasteiger partial charge in [-0.15, -0.1) is 6.58 Å². The normalized spacial score (nSPS) is 10.8. The summed E-state index contributed by atoms with van der Waals surface area (Å²) in [4.78, 5) is 0. The van der Waals surface area contributed by atoms with Gasteiger partial charge in [-0.25, -0.2) is 0 Å². The number of nitrogens with one attached hydrogen (secondary N) is 1. The molecule has 10 heavy (non-hydrogen) atoms. The predicted octanol–water partition coefficient (Wildman–Crippen LogP) is 2.24. The van der Waals surface area contributed by atoms with E-state index in [0.29, 0.717) is 0 Å². The zero-order chi connectivity index (χ0) is 7.98. The molecule has 0 aromatic heterocycles. The van der Waals surface area contributed by atoms with Crippen LogP contribution in [0.2, 0.25) is 0 Å². The first kappa shape index (κ1) is 9.02. The zero-order valence-electron chi connectivity index (χ0n) is 6.78. The van der Waals surface area contributed by atoms with E-state index in [0.717, 1.165) is 12.2 Å². The molecule has 0 aliphatic heterocycles. The van der Waals surface area contributed by atoms with Gasteiger partial charge in [0.05, 0.1) is 0 Å². The molecule has 0 atom stereocenters. The lowest BCUT2D eigenvalue weighted by Gasteiger charge is -2.05. The van der Waals surface area contributed by atoms with Crippen molar-refractivity contribution in [1.82, 2.24) is 5.32 Å². The first-order valence-corrected chi connectivity index (χ1v) is 3.39. The van der Waals surface area contributed by atoms with Gasteiger partial charge in [-0.2, -0.15) is 0 Å². The van der Waals surface area contributed by atoms with Gasteiger partial charge in [-0.3, -0.25) is 0 Å². The van der Waals surface area contributed by atoms with Crippen LogP contribution in [-0.2, 0) is 0 Å². The van der Waals surface area contributed by atoms with E-state index in [2.05, 4.69) is 18.5 Å². The number of hydrogen-bond donors (Lipinski definition) is 1. The number of rotatable bonds is 4. The molecule has 0 aliphatic carbocycles. The fourth-order valence-corrected chi connectivity index (χ4v) is 0.509. The van der Waals surface area contributed by atoms with Crippen LogP contribution >= 0.6 is 0 Å². The van der Waals surface area contributed by atoms with Crippen LogP contribution in [0.3, 0.4) is 0 Å². The smallest absolute Gasteiger partial charge is 0.0328 e. The monoisotopic (exact) mass is 137 g/mol. The first-order chi connectivity index (χ1) is 4.72. The van der Waals surface area contributed by atoms with E-state index in [1.165, 1.54) is 5.57 Å². The fourth-order valence-electron chi connectivity index (χ4n) is 0.509. The third-order valence-corrected chi connectivity index (χ3v) is 1.37. The summed E-state index contributed by atoms with van der Waals surface area (Å²) in [5.41, 5.74) is 2.16. The van der Waals surface area contributed by atoms with E-state index in [1.807, 2.05) is 26.0 Å². The summed E-state index contributed by atoms with van der Waals surface area (Å²) in [5, 5.41) is 3.10. The molecule has 0 unspecified atom stereocenters. The molecule has 0 bridgehead atoms. The summed E-state index contributed by atoms with van der Waals surface area (Å²) in [6, 6.07) is 0. The average molecular weight is 137 g/mol. The Morgan fingerprint density at radius 2 is 2.20 bits per heavy atom. The number of hydrogen-bond acceptors (Lipinski definition) is 1. The summed E-state index contributed by atoms with van der Waals surface area (Å²) in [6.07, 6.45) is 3.84. The Morgan fingerprint density at radius 3 is 2.60 bits per heavy atom. The maximum absolute atomic E-state index is 3.84. The van der Waals surface area contributed by atoms with Crippen molar-refractivity contribution >= 4 is 0 Å². The van der Waals surface area contributed by atoms with Gasteiger partial charge in [0.25, 0.3) is 0 Å². The number of allylic oxidation sites excluding steroid dienone is 2. The molecular weight excluding hydrogens is 122 g/mol. The van der Waals surface area contributed by atoms with Crippen molar-refractivity contribution in [3.63, 3.8) is 0 Å². The Balaban J connectivity index is 3.74. The third kappa shape index (κ3) is 3.13. The Labute approximate surface area is 63.1 Å². The van der Waals surface area contributed by atoms with Crippen molar-refractivity contribution in [3.8, 4) is 0 Å². The summed E-state index contributed by atoms with van der Waals surface area (Å²) in [5.74, 6) is 0. The van der Waals surface area contributed by atoms with Crippen molar-refractivity contribution in [3.05, 3.63) is 36.6 Å². The van der Waals surface area contributed by atoms with Gasteiger partial charge in [-0.1, -0.05) is 18.7 Å². The van der Waals surface area contributed by atoms with Crippen LogP contribution in [0.15, 0.2) is 36.6 Å². The molecule has 0 spiro atoms. The molecule has 0 saturated carbocycles. The Kier molecular flexibility index (Phi) is 4.38. The second kappa shape index (κ2) is 4.86. The average Bonchev–Trinajstić information content (AvgIpc) is 1.98. The van der Waals surface area contributed by atoms with Crippen LogP contribution in [-0.4, -0.2) is 6.54 Å². The Morgan fingerprint density at radius 1 is 1.60 bits per heavy atom. The van der Waals surface area contributed by atoms with Crippen molar-refractivity contribution in [2.45, 2.75) is 13.8 Å². The maximum atomic E-state index is 3.84. The van der Waals surface area contributed by atoms with E-state index in [4.69, 9.17) is 0 Å². The van der Waals surface area contributed by atoms with Crippen LogP contribution in [0.4, 0.5) is 0 Å². The van der Waals surface area contributed by atoms with Gasteiger partial charge in [0.15, 0.2) is 0 Å². The van der Waals surface area contributed by atoms with Gasteiger partial charge in [0.2, 0.25) is 0 Å². The van der Waals surface area contributed by atoms with Gasteiger partial charge >= 0.3 is 0 Å². The molecule has 0 rings (SSSR count). The van der Waals surface area contributed by atoms with E-state index in [-0.39, 0.29) is 0 Å². The molecular formula is C9H15N. The molecule has 0 heterocycles. The van der Waals surface area contributed by atoms with Crippen molar-refractivity contribution in [1.29, 1.82) is 0 Å². The van der Waals surface area contributed by atoms with E-state index in [1.54, 1.807) is 0 Å². The molecule has 1 N–H and O–H groups in total. The summed E-state index contributed by atoms with van der Waals surface area (Å²) < 4.78 is 0. The molecule has 0 aromatic rings. The van der Waals surface area contributed by atoms with Gasteiger partial charge in [0.1, 0.15) is 0 Å². The molecule has 1 heteroatoms. The highest BCUT2D eigenvalue weighted by atomic mass is 14.9. The molecule has 0 aliphatic rings. The maximum Gasteiger partial charge on any atom is 0.0328 e. The molecule has 0 aromatic carbocycles. The minimum absolute atomic E-state index is 0.782. The minimum Gasteiger partial charge on any atom is -0.382 e. The lowest BCUT2D eigenvalue weighted by Crippen LogP contribution is -2.12. The molecule has 56 valence electrons. The summed E-state index contributed by atoms with van der Waals surface area (Å²) in [6.45, 7) is 12.2. The van der Waals surface area contributed by atoms with Gasteiger partial charge in [0, 0.05) is 12.2 Å². The molecule has 0 saturated heterocycles. The molecule has 0 radical (unpaired) electrons. The van der Waals surface area contributed by atoms with Gasteiger partial charge < -0.3 is 5.32 Å². The second-order valence-corrected chi connectivity index (χ2v) is 2.12. The van der Waals surface area contributed by atoms with Crippen LogP contribution in [0.25, 0.3) is 0 Å². The Bertz CT molecular complexity index is 154. The van der Waals surface area contributed by atoms with E-state index < -0.39 is 0 Å². The quantitative estimate of drug-likeness (QED) is 0.463. The lowest BCUT2D eigenvalue weighted by molar-refractivity contribution is 0.919. The molecule has 0 fully saturated rings. The highest BCUT2D eigenvalue weighted by Gasteiger charge is 1.90. The topological polar surface area (TPSA) is 12.0 Å². The van der Waals surface area contributed by atoms with Crippen LogP contribution in [0.1, 0.15) is 13.8 Å². The molecule has 1 nitrogen and oxygen atoms in total. The van der Waals surface area contributed by atoms with Gasteiger partial charge in [-0.05, 0) is 19.4 Å². The second-order valence-electron chi connectivity index (χ2n) is 2.12. The zero-order valence-corrected chi connectivity index (χ0v) is 6.78.